The lowest BCUT2D eigenvalue weighted by Gasteiger charge is -2.18. The fourth-order valence-corrected chi connectivity index (χ4v) is 4.57. The van der Waals surface area contributed by atoms with Gasteiger partial charge in [-0.2, -0.15) is 0 Å². The van der Waals surface area contributed by atoms with E-state index in [4.69, 9.17) is 11.6 Å². The zero-order valence-corrected chi connectivity index (χ0v) is 20.1. The van der Waals surface area contributed by atoms with E-state index >= 15 is 0 Å². The van der Waals surface area contributed by atoms with E-state index in [0.29, 0.717) is 22.5 Å². The van der Waals surface area contributed by atoms with Crippen LogP contribution in [0.1, 0.15) is 31.0 Å². The molecule has 5 nitrogen and oxygen atoms in total. The van der Waals surface area contributed by atoms with Crippen molar-refractivity contribution < 1.29 is 4.79 Å². The summed E-state index contributed by atoms with van der Waals surface area (Å²) in [5, 5.41) is 12.9. The minimum Gasteiger partial charge on any atom is -0.349 e. The Morgan fingerprint density at radius 2 is 1.58 bits per heavy atom. The van der Waals surface area contributed by atoms with Gasteiger partial charge in [0.25, 0.3) is 0 Å². The molecule has 0 aliphatic carbocycles. The van der Waals surface area contributed by atoms with Gasteiger partial charge in [-0.3, -0.25) is 9.36 Å². The van der Waals surface area contributed by atoms with Crippen molar-refractivity contribution in [2.75, 3.05) is 0 Å². The number of nitrogens with zero attached hydrogens (tertiary/aromatic N) is 3. The summed E-state index contributed by atoms with van der Waals surface area (Å²) in [6.07, 6.45) is 0. The average Bonchev–Trinajstić information content (AvgIpc) is 3.22. The van der Waals surface area contributed by atoms with Crippen LogP contribution in [-0.2, 0) is 11.3 Å². The van der Waals surface area contributed by atoms with Crippen LogP contribution in [-0.4, -0.2) is 25.9 Å². The molecule has 33 heavy (non-hydrogen) atoms. The smallest absolute Gasteiger partial charge is 0.233 e. The molecular formula is C26H25ClN4OS. The minimum atomic E-state index is -0.353. The van der Waals surface area contributed by atoms with Crippen LogP contribution in [0.2, 0.25) is 5.02 Å². The van der Waals surface area contributed by atoms with Crippen LogP contribution in [0.5, 0.6) is 0 Å². The molecule has 0 spiro atoms. The molecule has 0 bridgehead atoms. The fraction of sp³-hybridized carbons (Fsp3) is 0.192. The van der Waals surface area contributed by atoms with Gasteiger partial charge in [-0.25, -0.2) is 0 Å². The quantitative estimate of drug-likeness (QED) is 0.316. The van der Waals surface area contributed by atoms with Crippen molar-refractivity contribution in [1.82, 2.24) is 20.1 Å². The summed E-state index contributed by atoms with van der Waals surface area (Å²) < 4.78 is 2.02. The summed E-state index contributed by atoms with van der Waals surface area (Å²) in [5.41, 5.74) is 2.99. The highest BCUT2D eigenvalue weighted by molar-refractivity contribution is 8.00. The predicted molar refractivity (Wildman–Crippen MR) is 134 cm³/mol. The van der Waals surface area contributed by atoms with E-state index in [2.05, 4.69) is 27.6 Å². The Kier molecular flexibility index (Phi) is 7.47. The number of thioether (sulfide) groups is 1. The number of aromatic nitrogens is 3. The summed E-state index contributed by atoms with van der Waals surface area (Å²) in [6.45, 7) is 4.44. The Hall–Kier alpha value is -3.09. The highest BCUT2D eigenvalue weighted by Crippen LogP contribution is 2.31. The molecule has 1 heterocycles. The van der Waals surface area contributed by atoms with E-state index < -0.39 is 0 Å². The van der Waals surface area contributed by atoms with Gasteiger partial charge in [-0.1, -0.05) is 96.2 Å². The first-order valence-electron chi connectivity index (χ1n) is 10.8. The maximum atomic E-state index is 12.9. The molecule has 0 radical (unpaired) electrons. The standard InChI is InChI=1S/C26H25ClN4OS/c1-18(21-13-7-4-8-14-21)28-25(32)19(2)33-26-30-29-24(22-15-9-10-16-23(22)27)31(26)17-20-11-5-3-6-12-20/h3-16,18-19H,17H2,1-2H3,(H,28,32). The molecule has 0 aliphatic rings. The van der Waals surface area contributed by atoms with Gasteiger partial charge in [0.1, 0.15) is 0 Å². The Morgan fingerprint density at radius 1 is 0.939 bits per heavy atom. The monoisotopic (exact) mass is 476 g/mol. The summed E-state index contributed by atoms with van der Waals surface area (Å²) in [7, 11) is 0. The Bertz CT molecular complexity index is 1210. The molecule has 7 heteroatoms. The third kappa shape index (κ3) is 5.64. The largest absolute Gasteiger partial charge is 0.349 e. The predicted octanol–water partition coefficient (Wildman–Crippen LogP) is 6.00. The van der Waals surface area contributed by atoms with Gasteiger partial charge in [0.05, 0.1) is 22.9 Å². The van der Waals surface area contributed by atoms with Crippen LogP contribution >= 0.6 is 23.4 Å². The zero-order valence-electron chi connectivity index (χ0n) is 18.5. The molecule has 3 aromatic carbocycles. The average molecular weight is 477 g/mol. The van der Waals surface area contributed by atoms with Crippen molar-refractivity contribution in [2.45, 2.75) is 36.8 Å². The maximum absolute atomic E-state index is 12.9. The molecule has 1 N–H and O–H groups in total. The molecule has 0 aliphatic heterocycles. The van der Waals surface area contributed by atoms with E-state index in [1.165, 1.54) is 11.8 Å². The van der Waals surface area contributed by atoms with Gasteiger partial charge in [0.15, 0.2) is 11.0 Å². The molecule has 1 aromatic heterocycles. The zero-order chi connectivity index (χ0) is 23.2. The summed E-state index contributed by atoms with van der Waals surface area (Å²) in [4.78, 5) is 12.9. The second-order valence-corrected chi connectivity index (χ2v) is 9.47. The van der Waals surface area contributed by atoms with Crippen molar-refractivity contribution in [3.8, 4) is 11.4 Å². The number of hydrogen-bond acceptors (Lipinski definition) is 4. The lowest BCUT2D eigenvalue weighted by atomic mass is 10.1. The van der Waals surface area contributed by atoms with E-state index in [0.717, 1.165) is 16.7 Å². The number of carbonyl (C=O) groups excluding carboxylic acids is 1. The summed E-state index contributed by atoms with van der Waals surface area (Å²) in [6, 6.07) is 27.5. The van der Waals surface area contributed by atoms with Crippen molar-refractivity contribution in [3.05, 3.63) is 101 Å². The fourth-order valence-electron chi connectivity index (χ4n) is 3.49. The van der Waals surface area contributed by atoms with Gasteiger partial charge in [-0.05, 0) is 37.1 Å². The molecule has 2 atom stereocenters. The minimum absolute atomic E-state index is 0.0510. The van der Waals surface area contributed by atoms with Gasteiger partial charge in [0, 0.05) is 5.56 Å². The second-order valence-electron chi connectivity index (χ2n) is 7.76. The SMILES string of the molecule is CC(Sc1nnc(-c2ccccc2Cl)n1Cc1ccccc1)C(=O)NC(C)c1ccccc1. The molecule has 4 aromatic rings. The molecular weight excluding hydrogens is 452 g/mol. The van der Waals surface area contributed by atoms with Gasteiger partial charge in [0.2, 0.25) is 5.91 Å². The normalized spacial score (nSPS) is 12.8. The van der Waals surface area contributed by atoms with Crippen LogP contribution < -0.4 is 5.32 Å². The molecule has 1 amide bonds. The van der Waals surface area contributed by atoms with E-state index in [1.807, 2.05) is 91.2 Å². The summed E-state index contributed by atoms with van der Waals surface area (Å²) in [5.74, 6) is 0.627. The van der Waals surface area contributed by atoms with E-state index in [1.54, 1.807) is 0 Å². The van der Waals surface area contributed by atoms with Crippen molar-refractivity contribution in [3.63, 3.8) is 0 Å². The maximum Gasteiger partial charge on any atom is 0.233 e. The highest BCUT2D eigenvalue weighted by atomic mass is 35.5. The molecule has 4 rings (SSSR count). The molecule has 0 fully saturated rings. The topological polar surface area (TPSA) is 59.8 Å². The van der Waals surface area contributed by atoms with Crippen LogP contribution in [0.15, 0.2) is 90.1 Å². The van der Waals surface area contributed by atoms with Crippen LogP contribution in [0.4, 0.5) is 0 Å². The van der Waals surface area contributed by atoms with Crippen molar-refractivity contribution in [1.29, 1.82) is 0 Å². The second kappa shape index (κ2) is 10.7. The first-order chi connectivity index (χ1) is 16.0. The number of amides is 1. The van der Waals surface area contributed by atoms with E-state index in [9.17, 15) is 4.79 Å². The number of halogens is 1. The van der Waals surface area contributed by atoms with E-state index in [-0.39, 0.29) is 17.2 Å². The van der Waals surface area contributed by atoms with Crippen molar-refractivity contribution >= 4 is 29.3 Å². The van der Waals surface area contributed by atoms with Crippen LogP contribution in [0.25, 0.3) is 11.4 Å². The van der Waals surface area contributed by atoms with Crippen LogP contribution in [0, 0.1) is 0 Å². The third-order valence-electron chi connectivity index (χ3n) is 5.32. The van der Waals surface area contributed by atoms with Crippen LogP contribution in [0.3, 0.4) is 0 Å². The first kappa shape index (κ1) is 23.1. The van der Waals surface area contributed by atoms with Gasteiger partial charge in [-0.15, -0.1) is 10.2 Å². The number of rotatable bonds is 8. The molecule has 0 saturated carbocycles. The molecule has 0 saturated heterocycles. The van der Waals surface area contributed by atoms with Gasteiger partial charge < -0.3 is 5.32 Å². The Morgan fingerprint density at radius 3 is 2.27 bits per heavy atom. The lowest BCUT2D eigenvalue weighted by molar-refractivity contribution is -0.120. The highest BCUT2D eigenvalue weighted by Gasteiger charge is 2.23. The summed E-state index contributed by atoms with van der Waals surface area (Å²) >= 11 is 7.85. The number of hydrogen-bond donors (Lipinski definition) is 1. The molecule has 2 unspecified atom stereocenters. The Balaban J connectivity index is 1.57. The molecule has 168 valence electrons. The first-order valence-corrected chi connectivity index (χ1v) is 12.0. The van der Waals surface area contributed by atoms with Gasteiger partial charge >= 0.3 is 0 Å². The lowest BCUT2D eigenvalue weighted by Crippen LogP contribution is -2.33. The number of benzene rings is 3. The van der Waals surface area contributed by atoms with Crippen molar-refractivity contribution in [2.24, 2.45) is 0 Å². The number of nitrogens with one attached hydrogen (secondary N) is 1. The third-order valence-corrected chi connectivity index (χ3v) is 6.73. The number of carbonyl (C=O) groups is 1. The Labute approximate surface area is 203 Å².